The van der Waals surface area contributed by atoms with Gasteiger partial charge in [-0.1, -0.05) is 158 Å². The van der Waals surface area contributed by atoms with Crippen LogP contribution in [0.5, 0.6) is 0 Å². The van der Waals surface area contributed by atoms with E-state index >= 15 is 0 Å². The molecular weight excluding hydrogens is 695 g/mol. The minimum Gasteiger partial charge on any atom is -0.456 e. The number of benzene rings is 8. The molecule has 0 amide bonds. The van der Waals surface area contributed by atoms with Gasteiger partial charge in [-0.3, -0.25) is 0 Å². The number of fused-ring (bicyclic) bond motifs is 10. The highest BCUT2D eigenvalue weighted by Gasteiger charge is 2.34. The molecule has 3 heterocycles. The molecule has 1 unspecified atom stereocenters. The molecule has 0 saturated carbocycles. The summed E-state index contributed by atoms with van der Waals surface area (Å²) in [5, 5.41) is 4.63. The van der Waals surface area contributed by atoms with E-state index in [0.29, 0.717) is 5.82 Å². The van der Waals surface area contributed by atoms with E-state index in [-0.39, 0.29) is 5.92 Å². The second-order valence-electron chi connectivity index (χ2n) is 14.9. The van der Waals surface area contributed by atoms with Crippen molar-refractivity contribution in [3.05, 3.63) is 211 Å². The lowest BCUT2D eigenvalue weighted by Crippen LogP contribution is -2.03. The Kier molecular flexibility index (Phi) is 6.96. The van der Waals surface area contributed by atoms with Gasteiger partial charge in [-0.2, -0.15) is 0 Å². The highest BCUT2D eigenvalue weighted by atomic mass is 16.3. The third-order valence-corrected chi connectivity index (χ3v) is 11.7. The Hall–Kier alpha value is -7.56. The molecule has 0 N–H and O–H groups in total. The number of nitrogens with zero attached hydrogens (tertiary/aromatic N) is 3. The normalized spacial score (nSPS) is 13.4. The maximum Gasteiger partial charge on any atom is 0.160 e. The van der Waals surface area contributed by atoms with E-state index in [9.17, 15) is 0 Å². The second kappa shape index (κ2) is 12.5. The monoisotopic (exact) mass is 727 g/mol. The van der Waals surface area contributed by atoms with Crippen molar-refractivity contribution >= 4 is 43.7 Å². The van der Waals surface area contributed by atoms with Gasteiger partial charge < -0.3 is 8.98 Å². The predicted octanol–water partition coefficient (Wildman–Crippen LogP) is 13.6. The Morgan fingerprint density at radius 3 is 1.96 bits per heavy atom. The van der Waals surface area contributed by atoms with Crippen LogP contribution in [0.2, 0.25) is 0 Å². The van der Waals surface area contributed by atoms with Crippen molar-refractivity contribution < 1.29 is 4.42 Å². The maximum absolute atomic E-state index is 6.78. The number of rotatable bonds is 5. The number of para-hydroxylation sites is 1. The summed E-state index contributed by atoms with van der Waals surface area (Å²) in [6, 6.07) is 68.9. The molecule has 1 aliphatic rings. The van der Waals surface area contributed by atoms with Crippen LogP contribution in [0, 0.1) is 0 Å². The topological polar surface area (TPSA) is 43.9 Å². The fraction of sp³-hybridized carbons (Fsp3) is 0.0189. The Morgan fingerprint density at radius 2 is 1.14 bits per heavy atom. The van der Waals surface area contributed by atoms with Crippen LogP contribution in [-0.4, -0.2) is 14.5 Å². The number of hydrogen-bond acceptors (Lipinski definition) is 3. The molecule has 0 aliphatic heterocycles. The van der Waals surface area contributed by atoms with Crippen LogP contribution in [0.1, 0.15) is 22.6 Å². The number of aromatic nitrogens is 3. The van der Waals surface area contributed by atoms with Crippen molar-refractivity contribution in [1.82, 2.24) is 14.5 Å². The van der Waals surface area contributed by atoms with Crippen LogP contribution in [0.25, 0.3) is 94.5 Å². The molecular formula is C53H33N3O. The van der Waals surface area contributed by atoms with E-state index < -0.39 is 0 Å². The smallest absolute Gasteiger partial charge is 0.160 e. The average molecular weight is 728 g/mol. The molecule has 4 heteroatoms. The first-order chi connectivity index (χ1) is 28.3. The van der Waals surface area contributed by atoms with E-state index in [1.54, 1.807) is 0 Å². The Labute approximate surface area is 329 Å². The van der Waals surface area contributed by atoms with Crippen LogP contribution >= 0.6 is 0 Å². The highest BCUT2D eigenvalue weighted by molar-refractivity contribution is 6.16. The summed E-state index contributed by atoms with van der Waals surface area (Å²) in [6.07, 6.45) is 0. The van der Waals surface area contributed by atoms with Gasteiger partial charge in [-0.15, -0.1) is 0 Å². The van der Waals surface area contributed by atoms with Gasteiger partial charge in [0.1, 0.15) is 11.2 Å². The number of furan rings is 1. The quantitative estimate of drug-likeness (QED) is 0.177. The summed E-state index contributed by atoms with van der Waals surface area (Å²) in [7, 11) is 0. The average Bonchev–Trinajstić information content (AvgIpc) is 3.95. The SMILES string of the molecule is c1ccc(-c2cc(-c3ccc4c(c3)oc3cccc(-n5c6ccccc6c6ccc7c(c65)C(c5ccccc5)c5ccccc5-7)c34)nc(-c3ccccc3)n2)cc1. The number of hydrogen-bond donors (Lipinski definition) is 0. The fourth-order valence-corrected chi connectivity index (χ4v) is 9.22. The largest absolute Gasteiger partial charge is 0.456 e. The first kappa shape index (κ1) is 31.8. The molecule has 0 radical (unpaired) electrons. The predicted molar refractivity (Wildman–Crippen MR) is 233 cm³/mol. The summed E-state index contributed by atoms with van der Waals surface area (Å²) in [5.74, 6) is 0.787. The summed E-state index contributed by atoms with van der Waals surface area (Å²) in [6.45, 7) is 0. The van der Waals surface area contributed by atoms with Crippen molar-refractivity contribution in [1.29, 1.82) is 0 Å². The molecule has 0 spiro atoms. The van der Waals surface area contributed by atoms with Gasteiger partial charge in [0.25, 0.3) is 0 Å². The zero-order valence-electron chi connectivity index (χ0n) is 30.8. The fourth-order valence-electron chi connectivity index (χ4n) is 9.22. The molecule has 57 heavy (non-hydrogen) atoms. The molecule has 8 aromatic carbocycles. The lowest BCUT2D eigenvalue weighted by molar-refractivity contribution is 0.669. The van der Waals surface area contributed by atoms with Gasteiger partial charge in [0.05, 0.1) is 33.5 Å². The standard InChI is InChI=1S/C53H33N3O/c1-4-15-33(16-5-1)43-32-44(55-53(54-43)35-19-8-3-9-20-35)36-27-28-42-48(31-36)57-47-26-14-25-46(50(42)47)56-45-24-13-12-22-38(45)41-30-29-40-37-21-10-11-23-39(37)49(51(40)52(41)56)34-17-6-2-7-18-34/h1-32,49H. The summed E-state index contributed by atoms with van der Waals surface area (Å²) < 4.78 is 9.28. The van der Waals surface area contributed by atoms with E-state index in [4.69, 9.17) is 14.4 Å². The molecule has 1 atom stereocenters. The van der Waals surface area contributed by atoms with E-state index in [0.717, 1.165) is 55.7 Å². The van der Waals surface area contributed by atoms with Crippen molar-refractivity contribution in [3.8, 4) is 50.7 Å². The molecule has 0 saturated heterocycles. The third kappa shape index (κ3) is 4.87. The summed E-state index contributed by atoms with van der Waals surface area (Å²) in [4.78, 5) is 10.1. The Morgan fingerprint density at radius 1 is 0.456 bits per heavy atom. The van der Waals surface area contributed by atoms with Gasteiger partial charge in [0.2, 0.25) is 0 Å². The van der Waals surface area contributed by atoms with Crippen LogP contribution in [0.3, 0.4) is 0 Å². The van der Waals surface area contributed by atoms with Gasteiger partial charge >= 0.3 is 0 Å². The van der Waals surface area contributed by atoms with Gasteiger partial charge in [-0.25, -0.2) is 9.97 Å². The molecule has 0 bridgehead atoms. The summed E-state index contributed by atoms with van der Waals surface area (Å²) >= 11 is 0. The second-order valence-corrected chi connectivity index (χ2v) is 14.9. The van der Waals surface area contributed by atoms with Crippen molar-refractivity contribution in [2.75, 3.05) is 0 Å². The molecule has 3 aromatic heterocycles. The van der Waals surface area contributed by atoms with Crippen LogP contribution in [0.15, 0.2) is 199 Å². The van der Waals surface area contributed by atoms with Crippen molar-refractivity contribution in [2.45, 2.75) is 5.92 Å². The third-order valence-electron chi connectivity index (χ3n) is 11.7. The Bertz CT molecular complexity index is 3290. The zero-order chi connectivity index (χ0) is 37.5. The Balaban J connectivity index is 1.10. The molecule has 0 fully saturated rings. The highest BCUT2D eigenvalue weighted by Crippen LogP contribution is 2.53. The minimum atomic E-state index is 0.0985. The molecule has 266 valence electrons. The first-order valence-corrected chi connectivity index (χ1v) is 19.4. The minimum absolute atomic E-state index is 0.0985. The van der Waals surface area contributed by atoms with Crippen LogP contribution < -0.4 is 0 Å². The van der Waals surface area contributed by atoms with Crippen LogP contribution in [-0.2, 0) is 0 Å². The lowest BCUT2D eigenvalue weighted by atomic mass is 9.88. The van der Waals surface area contributed by atoms with Gasteiger partial charge in [0, 0.05) is 38.8 Å². The molecule has 1 aliphatic carbocycles. The lowest BCUT2D eigenvalue weighted by Gasteiger charge is -2.18. The van der Waals surface area contributed by atoms with Gasteiger partial charge in [0.15, 0.2) is 5.82 Å². The van der Waals surface area contributed by atoms with Crippen molar-refractivity contribution in [2.24, 2.45) is 0 Å². The van der Waals surface area contributed by atoms with E-state index in [1.807, 2.05) is 36.4 Å². The van der Waals surface area contributed by atoms with Crippen LogP contribution in [0.4, 0.5) is 0 Å². The molecule has 4 nitrogen and oxygen atoms in total. The van der Waals surface area contributed by atoms with Gasteiger partial charge in [-0.05, 0) is 64.2 Å². The molecule has 11 aromatic rings. The first-order valence-electron chi connectivity index (χ1n) is 19.4. The zero-order valence-corrected chi connectivity index (χ0v) is 30.8. The van der Waals surface area contributed by atoms with Crippen molar-refractivity contribution in [3.63, 3.8) is 0 Å². The summed E-state index contributed by atoms with van der Waals surface area (Å²) in [5.41, 5.74) is 16.5. The maximum atomic E-state index is 6.78. The van der Waals surface area contributed by atoms with E-state index in [2.05, 4.69) is 162 Å². The van der Waals surface area contributed by atoms with E-state index in [1.165, 1.54) is 49.6 Å². The molecule has 12 rings (SSSR count).